The topological polar surface area (TPSA) is 57.5 Å². The van der Waals surface area contributed by atoms with Gasteiger partial charge in [-0.05, 0) is 24.3 Å². The fraction of sp³-hybridized carbons (Fsp3) is 0.667. The highest BCUT2D eigenvalue weighted by Crippen LogP contribution is 2.40. The molecular formula is C15H25N3O2. The van der Waals surface area contributed by atoms with E-state index in [-0.39, 0.29) is 17.6 Å². The van der Waals surface area contributed by atoms with Crippen molar-refractivity contribution in [1.29, 1.82) is 0 Å². The van der Waals surface area contributed by atoms with Crippen LogP contribution < -0.4 is 5.32 Å². The molecule has 1 aliphatic carbocycles. The largest absolute Gasteiger partial charge is 0.388 e. The zero-order valence-corrected chi connectivity index (χ0v) is 12.8. The van der Waals surface area contributed by atoms with Crippen LogP contribution in [0.1, 0.15) is 37.6 Å². The van der Waals surface area contributed by atoms with Gasteiger partial charge in [0.1, 0.15) is 0 Å². The van der Waals surface area contributed by atoms with E-state index in [0.29, 0.717) is 6.54 Å². The maximum atomic E-state index is 11.5. The molecule has 1 atom stereocenters. The lowest BCUT2D eigenvalue weighted by molar-refractivity contribution is 0.0979. The molecule has 0 radical (unpaired) electrons. The Balaban J connectivity index is 2.03. The molecule has 1 aromatic heterocycles. The van der Waals surface area contributed by atoms with Gasteiger partial charge in [0.2, 0.25) is 0 Å². The SMILES string of the molecule is CN(C)C(=O)NCCn1ccc2c1CC(C)(C)CC2O. The number of aromatic nitrogens is 1. The lowest BCUT2D eigenvalue weighted by atomic mass is 9.75. The first-order chi connectivity index (χ1) is 9.30. The molecule has 2 amide bonds. The van der Waals surface area contributed by atoms with Crippen LogP contribution in [-0.2, 0) is 13.0 Å². The van der Waals surface area contributed by atoms with Crippen LogP contribution in [0.15, 0.2) is 12.3 Å². The van der Waals surface area contributed by atoms with Crippen molar-refractivity contribution in [3.05, 3.63) is 23.5 Å². The number of aliphatic hydroxyl groups excluding tert-OH is 1. The van der Waals surface area contributed by atoms with Gasteiger partial charge >= 0.3 is 6.03 Å². The van der Waals surface area contributed by atoms with Gasteiger partial charge in [0.05, 0.1) is 6.10 Å². The molecule has 112 valence electrons. The lowest BCUT2D eigenvalue weighted by Gasteiger charge is -2.34. The van der Waals surface area contributed by atoms with Gasteiger partial charge in [-0.3, -0.25) is 0 Å². The average molecular weight is 279 g/mol. The highest BCUT2D eigenvalue weighted by atomic mass is 16.3. The minimum Gasteiger partial charge on any atom is -0.388 e. The molecule has 0 spiro atoms. The third kappa shape index (κ3) is 3.15. The summed E-state index contributed by atoms with van der Waals surface area (Å²) in [4.78, 5) is 13.0. The lowest BCUT2D eigenvalue weighted by Crippen LogP contribution is -2.36. The Morgan fingerprint density at radius 2 is 2.25 bits per heavy atom. The molecule has 0 bridgehead atoms. The zero-order valence-electron chi connectivity index (χ0n) is 12.8. The number of carbonyl (C=O) groups is 1. The summed E-state index contributed by atoms with van der Waals surface area (Å²) in [5.41, 5.74) is 2.37. The fourth-order valence-corrected chi connectivity index (χ4v) is 2.84. The van der Waals surface area contributed by atoms with Crippen molar-refractivity contribution in [2.24, 2.45) is 5.41 Å². The molecule has 2 rings (SSSR count). The van der Waals surface area contributed by atoms with Crippen LogP contribution in [-0.4, -0.2) is 41.2 Å². The van der Waals surface area contributed by atoms with Crippen molar-refractivity contribution >= 4 is 6.03 Å². The van der Waals surface area contributed by atoms with Crippen LogP contribution in [0.25, 0.3) is 0 Å². The normalized spacial score (nSPS) is 20.4. The zero-order chi connectivity index (χ0) is 14.9. The standard InChI is InChI=1S/C15H25N3O2/c1-15(2)9-12-11(13(19)10-15)5-7-18(12)8-6-16-14(20)17(3)4/h5,7,13,19H,6,8-10H2,1-4H3,(H,16,20). The van der Waals surface area contributed by atoms with Gasteiger partial charge in [0, 0.05) is 44.6 Å². The molecule has 1 heterocycles. The van der Waals surface area contributed by atoms with Crippen molar-refractivity contribution in [1.82, 2.24) is 14.8 Å². The molecular weight excluding hydrogens is 254 g/mol. The average Bonchev–Trinajstić information content (AvgIpc) is 2.70. The summed E-state index contributed by atoms with van der Waals surface area (Å²) in [6.45, 7) is 5.70. The number of nitrogens with zero attached hydrogens (tertiary/aromatic N) is 2. The molecule has 2 N–H and O–H groups in total. The van der Waals surface area contributed by atoms with Crippen LogP contribution in [0.2, 0.25) is 0 Å². The first kappa shape index (κ1) is 14.9. The van der Waals surface area contributed by atoms with E-state index in [4.69, 9.17) is 0 Å². The number of carbonyl (C=O) groups excluding carboxylic acids is 1. The summed E-state index contributed by atoms with van der Waals surface area (Å²) in [6, 6.07) is 1.93. The maximum absolute atomic E-state index is 11.5. The van der Waals surface area contributed by atoms with E-state index in [0.717, 1.165) is 24.9 Å². The molecule has 5 nitrogen and oxygen atoms in total. The van der Waals surface area contributed by atoms with Crippen LogP contribution in [0.4, 0.5) is 4.79 Å². The van der Waals surface area contributed by atoms with Crippen LogP contribution >= 0.6 is 0 Å². The predicted molar refractivity (Wildman–Crippen MR) is 78.6 cm³/mol. The van der Waals surface area contributed by atoms with Crippen molar-refractivity contribution < 1.29 is 9.90 Å². The molecule has 5 heteroatoms. The summed E-state index contributed by atoms with van der Waals surface area (Å²) < 4.78 is 2.15. The van der Waals surface area contributed by atoms with Crippen molar-refractivity contribution in [2.75, 3.05) is 20.6 Å². The monoisotopic (exact) mass is 279 g/mol. The van der Waals surface area contributed by atoms with E-state index in [9.17, 15) is 9.90 Å². The minimum atomic E-state index is -0.369. The van der Waals surface area contributed by atoms with Gasteiger partial charge in [0.15, 0.2) is 0 Å². The van der Waals surface area contributed by atoms with Crippen molar-refractivity contribution in [2.45, 2.75) is 39.3 Å². The number of urea groups is 1. The van der Waals surface area contributed by atoms with Crippen LogP contribution in [0.5, 0.6) is 0 Å². The van der Waals surface area contributed by atoms with Gasteiger partial charge in [-0.1, -0.05) is 13.8 Å². The van der Waals surface area contributed by atoms with Crippen LogP contribution in [0.3, 0.4) is 0 Å². The van der Waals surface area contributed by atoms with Gasteiger partial charge in [-0.25, -0.2) is 4.79 Å². The number of aliphatic hydroxyl groups is 1. The first-order valence-electron chi connectivity index (χ1n) is 7.11. The smallest absolute Gasteiger partial charge is 0.316 e. The quantitative estimate of drug-likeness (QED) is 0.886. The summed E-state index contributed by atoms with van der Waals surface area (Å²) in [5, 5.41) is 13.1. The summed E-state index contributed by atoms with van der Waals surface area (Å²) >= 11 is 0. The molecule has 1 unspecified atom stereocenters. The third-order valence-electron chi connectivity index (χ3n) is 3.90. The first-order valence-corrected chi connectivity index (χ1v) is 7.11. The second kappa shape index (κ2) is 5.48. The fourth-order valence-electron chi connectivity index (χ4n) is 2.84. The van der Waals surface area contributed by atoms with E-state index < -0.39 is 0 Å². The third-order valence-corrected chi connectivity index (χ3v) is 3.90. The Bertz CT molecular complexity index is 491. The predicted octanol–water partition coefficient (Wildman–Crippen LogP) is 1.77. The minimum absolute atomic E-state index is 0.0774. The van der Waals surface area contributed by atoms with Gasteiger partial charge in [0.25, 0.3) is 0 Å². The maximum Gasteiger partial charge on any atom is 0.316 e. The highest BCUT2D eigenvalue weighted by molar-refractivity contribution is 5.73. The Morgan fingerprint density at radius 1 is 1.55 bits per heavy atom. The van der Waals surface area contributed by atoms with E-state index in [2.05, 4.69) is 23.7 Å². The molecule has 0 saturated heterocycles. The summed E-state index contributed by atoms with van der Waals surface area (Å²) in [6.07, 6.45) is 3.42. The van der Waals surface area contributed by atoms with Gasteiger partial charge in [-0.15, -0.1) is 0 Å². The molecule has 0 saturated carbocycles. The Hall–Kier alpha value is -1.49. The number of amides is 2. The molecule has 1 aromatic rings. The van der Waals surface area contributed by atoms with Crippen molar-refractivity contribution in [3.8, 4) is 0 Å². The summed E-state index contributed by atoms with van der Waals surface area (Å²) in [5.74, 6) is 0. The molecule has 1 aliphatic rings. The van der Waals surface area contributed by atoms with E-state index in [1.807, 2.05) is 12.3 Å². The van der Waals surface area contributed by atoms with E-state index >= 15 is 0 Å². The molecule has 0 fully saturated rings. The number of fused-ring (bicyclic) bond motifs is 1. The van der Waals surface area contributed by atoms with Crippen molar-refractivity contribution in [3.63, 3.8) is 0 Å². The van der Waals surface area contributed by atoms with E-state index in [1.165, 1.54) is 10.6 Å². The Labute approximate surface area is 120 Å². The highest BCUT2D eigenvalue weighted by Gasteiger charge is 2.33. The van der Waals surface area contributed by atoms with Gasteiger partial charge in [-0.2, -0.15) is 0 Å². The Morgan fingerprint density at radius 3 is 2.90 bits per heavy atom. The van der Waals surface area contributed by atoms with Gasteiger partial charge < -0.3 is 19.9 Å². The molecule has 0 aromatic carbocycles. The number of rotatable bonds is 3. The second-order valence-corrected chi connectivity index (χ2v) is 6.60. The molecule has 20 heavy (non-hydrogen) atoms. The number of nitrogens with one attached hydrogen (secondary N) is 1. The summed E-state index contributed by atoms with van der Waals surface area (Å²) in [7, 11) is 3.46. The number of hydrogen-bond donors (Lipinski definition) is 2. The van der Waals surface area contributed by atoms with E-state index in [1.54, 1.807) is 14.1 Å². The second-order valence-electron chi connectivity index (χ2n) is 6.60. The van der Waals surface area contributed by atoms with Crippen LogP contribution in [0, 0.1) is 5.41 Å². The number of hydrogen-bond acceptors (Lipinski definition) is 2. The Kier molecular flexibility index (Phi) is 4.09. The molecule has 0 aliphatic heterocycles.